The van der Waals surface area contributed by atoms with Crippen LogP contribution in [0.5, 0.6) is 0 Å². The summed E-state index contributed by atoms with van der Waals surface area (Å²) in [4.78, 5) is 4.06. The Balaban J connectivity index is 2.08. The largest absolute Gasteiger partial charge is 0.337 e. The standard InChI is InChI=1S/C10H20N4/c1-9(2)13-5-4-11-6-10-7-12-8-14(10)3/h7-9,11,13H,4-6H2,1-3H3. The lowest BCUT2D eigenvalue weighted by Crippen LogP contribution is -2.31. The van der Waals surface area contributed by atoms with Crippen molar-refractivity contribution >= 4 is 0 Å². The van der Waals surface area contributed by atoms with E-state index in [1.165, 1.54) is 5.69 Å². The zero-order valence-corrected chi connectivity index (χ0v) is 9.25. The summed E-state index contributed by atoms with van der Waals surface area (Å²) in [7, 11) is 2.01. The van der Waals surface area contributed by atoms with Crippen LogP contribution in [0.2, 0.25) is 0 Å². The van der Waals surface area contributed by atoms with Crippen LogP contribution in [0.15, 0.2) is 12.5 Å². The summed E-state index contributed by atoms with van der Waals surface area (Å²) in [6.45, 7) is 7.19. The Hall–Kier alpha value is -0.870. The molecular formula is C10H20N4. The van der Waals surface area contributed by atoms with E-state index in [1.807, 2.05) is 24.1 Å². The van der Waals surface area contributed by atoms with E-state index in [0.29, 0.717) is 6.04 Å². The highest BCUT2D eigenvalue weighted by molar-refractivity contribution is 4.96. The molecule has 1 aromatic rings. The van der Waals surface area contributed by atoms with Crippen molar-refractivity contribution in [3.8, 4) is 0 Å². The molecule has 0 fully saturated rings. The molecule has 0 aliphatic heterocycles. The molecule has 2 N–H and O–H groups in total. The maximum absolute atomic E-state index is 4.06. The number of aryl methyl sites for hydroxylation is 1. The first-order chi connectivity index (χ1) is 6.70. The van der Waals surface area contributed by atoms with Gasteiger partial charge in [0.05, 0.1) is 12.0 Å². The fourth-order valence-electron chi connectivity index (χ4n) is 1.22. The highest BCUT2D eigenvalue weighted by Gasteiger charge is 1.96. The third-order valence-corrected chi connectivity index (χ3v) is 2.08. The van der Waals surface area contributed by atoms with Gasteiger partial charge in [-0.25, -0.2) is 4.98 Å². The quantitative estimate of drug-likeness (QED) is 0.651. The summed E-state index contributed by atoms with van der Waals surface area (Å²) in [6, 6.07) is 0.563. The SMILES string of the molecule is CC(C)NCCNCc1cncn1C. The van der Waals surface area contributed by atoms with Gasteiger partial charge in [-0.05, 0) is 0 Å². The predicted molar refractivity (Wildman–Crippen MR) is 58.1 cm³/mol. The van der Waals surface area contributed by atoms with Crippen LogP contribution < -0.4 is 10.6 Å². The highest BCUT2D eigenvalue weighted by atomic mass is 15.0. The van der Waals surface area contributed by atoms with Gasteiger partial charge in [-0.2, -0.15) is 0 Å². The first-order valence-electron chi connectivity index (χ1n) is 5.09. The molecule has 0 aliphatic carbocycles. The Morgan fingerprint density at radius 1 is 1.43 bits per heavy atom. The molecule has 0 aliphatic rings. The maximum Gasteiger partial charge on any atom is 0.0945 e. The first kappa shape index (κ1) is 11.2. The normalized spacial score (nSPS) is 11.1. The molecule has 4 heteroatoms. The van der Waals surface area contributed by atoms with Crippen molar-refractivity contribution < 1.29 is 0 Å². The van der Waals surface area contributed by atoms with Gasteiger partial charge in [0.25, 0.3) is 0 Å². The Bertz CT molecular complexity index is 254. The fourth-order valence-corrected chi connectivity index (χ4v) is 1.22. The van der Waals surface area contributed by atoms with Gasteiger partial charge in [0, 0.05) is 38.9 Å². The second kappa shape index (κ2) is 5.78. The monoisotopic (exact) mass is 196 g/mol. The predicted octanol–water partition coefficient (Wildman–Crippen LogP) is 0.508. The Morgan fingerprint density at radius 3 is 2.79 bits per heavy atom. The van der Waals surface area contributed by atoms with Gasteiger partial charge in [-0.15, -0.1) is 0 Å². The van der Waals surface area contributed by atoms with Crippen LogP contribution in [0.1, 0.15) is 19.5 Å². The average molecular weight is 196 g/mol. The second-order valence-corrected chi connectivity index (χ2v) is 3.78. The van der Waals surface area contributed by atoms with E-state index in [1.54, 1.807) is 0 Å². The number of hydrogen-bond donors (Lipinski definition) is 2. The van der Waals surface area contributed by atoms with Gasteiger partial charge in [0.2, 0.25) is 0 Å². The van der Waals surface area contributed by atoms with Crippen LogP contribution in [0.25, 0.3) is 0 Å². The molecule has 0 radical (unpaired) electrons. The molecule has 80 valence electrons. The zero-order valence-electron chi connectivity index (χ0n) is 9.25. The number of nitrogens with one attached hydrogen (secondary N) is 2. The van der Waals surface area contributed by atoms with E-state index in [2.05, 4.69) is 29.5 Å². The van der Waals surface area contributed by atoms with Crippen molar-refractivity contribution in [1.82, 2.24) is 20.2 Å². The molecule has 1 rings (SSSR count). The van der Waals surface area contributed by atoms with Gasteiger partial charge < -0.3 is 15.2 Å². The van der Waals surface area contributed by atoms with Crippen molar-refractivity contribution in [2.75, 3.05) is 13.1 Å². The van der Waals surface area contributed by atoms with Crippen molar-refractivity contribution in [1.29, 1.82) is 0 Å². The van der Waals surface area contributed by atoms with Crippen LogP contribution >= 0.6 is 0 Å². The molecule has 0 amide bonds. The van der Waals surface area contributed by atoms with Crippen LogP contribution in [0.4, 0.5) is 0 Å². The van der Waals surface area contributed by atoms with Gasteiger partial charge in [-0.3, -0.25) is 0 Å². The average Bonchev–Trinajstić information content (AvgIpc) is 2.51. The van der Waals surface area contributed by atoms with E-state index in [9.17, 15) is 0 Å². The molecule has 0 atom stereocenters. The van der Waals surface area contributed by atoms with E-state index in [4.69, 9.17) is 0 Å². The van der Waals surface area contributed by atoms with Gasteiger partial charge in [-0.1, -0.05) is 13.8 Å². The Kier molecular flexibility index (Phi) is 4.62. The molecule has 0 saturated carbocycles. The van der Waals surface area contributed by atoms with Crippen molar-refractivity contribution in [2.45, 2.75) is 26.4 Å². The van der Waals surface area contributed by atoms with E-state index >= 15 is 0 Å². The van der Waals surface area contributed by atoms with E-state index in [0.717, 1.165) is 19.6 Å². The minimum atomic E-state index is 0.563. The minimum absolute atomic E-state index is 0.563. The number of aromatic nitrogens is 2. The summed E-state index contributed by atoms with van der Waals surface area (Å²) in [5.41, 5.74) is 1.22. The van der Waals surface area contributed by atoms with Gasteiger partial charge in [0.1, 0.15) is 0 Å². The molecule has 0 aromatic carbocycles. The zero-order chi connectivity index (χ0) is 10.4. The highest BCUT2D eigenvalue weighted by Crippen LogP contribution is 1.93. The summed E-state index contributed by atoms with van der Waals surface area (Å²) in [5.74, 6) is 0. The second-order valence-electron chi connectivity index (χ2n) is 3.78. The fraction of sp³-hybridized carbons (Fsp3) is 0.700. The lowest BCUT2D eigenvalue weighted by Gasteiger charge is -2.08. The molecule has 14 heavy (non-hydrogen) atoms. The van der Waals surface area contributed by atoms with Crippen LogP contribution in [0.3, 0.4) is 0 Å². The van der Waals surface area contributed by atoms with Crippen LogP contribution in [-0.4, -0.2) is 28.7 Å². The first-order valence-corrected chi connectivity index (χ1v) is 5.09. The summed E-state index contributed by atoms with van der Waals surface area (Å²) < 4.78 is 2.03. The van der Waals surface area contributed by atoms with E-state index in [-0.39, 0.29) is 0 Å². The minimum Gasteiger partial charge on any atom is -0.337 e. The number of hydrogen-bond acceptors (Lipinski definition) is 3. The van der Waals surface area contributed by atoms with Gasteiger partial charge >= 0.3 is 0 Å². The Morgan fingerprint density at radius 2 is 2.21 bits per heavy atom. The molecule has 0 saturated heterocycles. The molecule has 0 spiro atoms. The molecule has 0 unspecified atom stereocenters. The molecule has 4 nitrogen and oxygen atoms in total. The number of rotatable bonds is 6. The summed E-state index contributed by atoms with van der Waals surface area (Å²) in [6.07, 6.45) is 3.71. The third-order valence-electron chi connectivity index (χ3n) is 2.08. The summed E-state index contributed by atoms with van der Waals surface area (Å²) in [5, 5.41) is 6.72. The maximum atomic E-state index is 4.06. The third kappa shape index (κ3) is 3.89. The van der Waals surface area contributed by atoms with Crippen molar-refractivity contribution in [3.05, 3.63) is 18.2 Å². The van der Waals surface area contributed by atoms with Crippen molar-refractivity contribution in [2.24, 2.45) is 7.05 Å². The molecule has 1 heterocycles. The number of nitrogens with zero attached hydrogens (tertiary/aromatic N) is 2. The molecule has 0 bridgehead atoms. The Labute approximate surface area is 85.7 Å². The smallest absolute Gasteiger partial charge is 0.0945 e. The van der Waals surface area contributed by atoms with E-state index < -0.39 is 0 Å². The van der Waals surface area contributed by atoms with Crippen molar-refractivity contribution in [3.63, 3.8) is 0 Å². The van der Waals surface area contributed by atoms with Gasteiger partial charge in [0.15, 0.2) is 0 Å². The summed E-state index contributed by atoms with van der Waals surface area (Å²) >= 11 is 0. The topological polar surface area (TPSA) is 41.9 Å². The molecule has 1 aromatic heterocycles. The number of imidazole rings is 1. The van der Waals surface area contributed by atoms with Crippen LogP contribution in [-0.2, 0) is 13.6 Å². The lowest BCUT2D eigenvalue weighted by atomic mass is 10.4. The lowest BCUT2D eigenvalue weighted by molar-refractivity contribution is 0.550. The van der Waals surface area contributed by atoms with Crippen LogP contribution in [0, 0.1) is 0 Å². The molecular weight excluding hydrogens is 176 g/mol.